The fraction of sp³-hybridized carbons (Fsp3) is 0.154. The molecule has 5 nitrogen and oxygen atoms in total. The summed E-state index contributed by atoms with van der Waals surface area (Å²) in [5.41, 5.74) is 0.725. The number of carboxylic acids is 2. The normalized spacial score (nSPS) is 11.1. The van der Waals surface area contributed by atoms with Gasteiger partial charge in [-0.1, -0.05) is 42.1 Å². The molecule has 0 aliphatic carbocycles. The first-order chi connectivity index (χ1) is 9.49. The van der Waals surface area contributed by atoms with Gasteiger partial charge < -0.3 is 10.2 Å². The zero-order valence-electron chi connectivity index (χ0n) is 10.3. The van der Waals surface area contributed by atoms with Gasteiger partial charge in [0, 0.05) is 11.0 Å². The van der Waals surface area contributed by atoms with Crippen LogP contribution in [0.2, 0.25) is 0 Å². The van der Waals surface area contributed by atoms with Crippen molar-refractivity contribution in [3.63, 3.8) is 0 Å². The minimum absolute atomic E-state index is 0.169. The number of hydrogen-bond donors (Lipinski definition) is 2. The van der Waals surface area contributed by atoms with E-state index in [0.717, 1.165) is 17.3 Å². The highest BCUT2D eigenvalue weighted by Gasteiger charge is 2.10. The number of carboxylic acid groups (broad SMARTS) is 2. The number of carbonyl (C=O) groups is 3. The van der Waals surface area contributed by atoms with Crippen LogP contribution in [0.25, 0.3) is 4.91 Å². The van der Waals surface area contributed by atoms with Gasteiger partial charge in [0.25, 0.3) is 0 Å². The number of aliphatic carboxylic acids is 2. The summed E-state index contributed by atoms with van der Waals surface area (Å²) in [7, 11) is 0. The number of hydrogen-bond acceptors (Lipinski definition) is 5. The summed E-state index contributed by atoms with van der Waals surface area (Å²) < 4.78 is 0. The Morgan fingerprint density at radius 3 is 2.05 bits per heavy atom. The van der Waals surface area contributed by atoms with Crippen LogP contribution >= 0.6 is 23.5 Å². The third-order valence-electron chi connectivity index (χ3n) is 2.00. The number of benzene rings is 1. The van der Waals surface area contributed by atoms with Gasteiger partial charge in [-0.15, -0.1) is 11.8 Å². The predicted octanol–water partition coefficient (Wildman–Crippen LogP) is 2.19. The van der Waals surface area contributed by atoms with E-state index in [4.69, 9.17) is 10.2 Å². The average molecular weight is 312 g/mol. The SMILES string of the molecule is O=C(O)CSC(=O)C=C(SCC(=O)O)c1ccccc1. The maximum atomic E-state index is 11.6. The summed E-state index contributed by atoms with van der Waals surface area (Å²) in [6.07, 6.45) is 1.27. The van der Waals surface area contributed by atoms with E-state index in [-0.39, 0.29) is 11.5 Å². The molecule has 0 spiro atoms. The van der Waals surface area contributed by atoms with Crippen LogP contribution < -0.4 is 0 Å². The van der Waals surface area contributed by atoms with Crippen molar-refractivity contribution in [2.75, 3.05) is 11.5 Å². The topological polar surface area (TPSA) is 91.7 Å². The molecule has 1 rings (SSSR count). The van der Waals surface area contributed by atoms with Crippen LogP contribution in [-0.2, 0) is 14.4 Å². The van der Waals surface area contributed by atoms with Crippen molar-refractivity contribution >= 4 is 45.5 Å². The van der Waals surface area contributed by atoms with Gasteiger partial charge in [0.2, 0.25) is 5.12 Å². The molecule has 20 heavy (non-hydrogen) atoms. The second-order valence-corrected chi connectivity index (χ2v) is 5.56. The number of carbonyl (C=O) groups excluding carboxylic acids is 1. The van der Waals surface area contributed by atoms with E-state index in [1.807, 2.05) is 6.07 Å². The summed E-state index contributed by atoms with van der Waals surface area (Å²) in [5.74, 6) is -2.54. The molecule has 0 atom stereocenters. The van der Waals surface area contributed by atoms with Gasteiger partial charge in [-0.2, -0.15) is 0 Å². The number of thioether (sulfide) groups is 2. The van der Waals surface area contributed by atoms with Gasteiger partial charge in [0.05, 0.1) is 11.5 Å². The van der Waals surface area contributed by atoms with Gasteiger partial charge in [-0.25, -0.2) is 0 Å². The molecule has 2 N–H and O–H groups in total. The highest BCUT2D eigenvalue weighted by Crippen LogP contribution is 2.28. The standard InChI is InChI=1S/C13H12O5S2/c14-11(15)7-19-10(9-4-2-1-3-5-9)6-13(18)20-8-12(16)17/h1-6H,7-8H2,(H,14,15)(H,16,17). The summed E-state index contributed by atoms with van der Waals surface area (Å²) >= 11 is 1.69. The zero-order valence-corrected chi connectivity index (χ0v) is 11.9. The Morgan fingerprint density at radius 1 is 0.950 bits per heavy atom. The summed E-state index contributed by atoms with van der Waals surface area (Å²) in [5, 5.41) is 16.8. The fourth-order valence-electron chi connectivity index (χ4n) is 1.23. The summed E-state index contributed by atoms with van der Waals surface area (Å²) in [6, 6.07) is 8.88. The Balaban J connectivity index is 2.84. The van der Waals surface area contributed by atoms with Gasteiger partial charge in [-0.05, 0) is 5.56 Å². The fourth-order valence-corrected chi connectivity index (χ4v) is 2.55. The minimum Gasteiger partial charge on any atom is -0.481 e. The monoisotopic (exact) mass is 312 g/mol. The molecule has 0 radical (unpaired) electrons. The van der Waals surface area contributed by atoms with Crippen molar-refractivity contribution in [1.29, 1.82) is 0 Å². The molecule has 0 fully saturated rings. The third-order valence-corrected chi connectivity index (χ3v) is 3.85. The van der Waals surface area contributed by atoms with Crippen LogP contribution in [0.15, 0.2) is 36.4 Å². The Labute approximate surface area is 124 Å². The lowest BCUT2D eigenvalue weighted by atomic mass is 10.2. The predicted molar refractivity (Wildman–Crippen MR) is 79.6 cm³/mol. The molecule has 106 valence electrons. The maximum absolute atomic E-state index is 11.6. The molecule has 0 saturated carbocycles. The molecule has 0 saturated heterocycles. The molecule has 1 aromatic carbocycles. The van der Waals surface area contributed by atoms with E-state index >= 15 is 0 Å². The first-order valence-corrected chi connectivity index (χ1v) is 7.46. The van der Waals surface area contributed by atoms with Crippen LogP contribution in [0, 0.1) is 0 Å². The number of rotatable bonds is 7. The lowest BCUT2D eigenvalue weighted by Crippen LogP contribution is -2.02. The van der Waals surface area contributed by atoms with Crippen molar-refractivity contribution in [2.24, 2.45) is 0 Å². The lowest BCUT2D eigenvalue weighted by molar-refractivity contribution is -0.135. The molecule has 0 aliphatic heterocycles. The van der Waals surface area contributed by atoms with E-state index in [1.165, 1.54) is 6.08 Å². The highest BCUT2D eigenvalue weighted by molar-refractivity contribution is 8.14. The molecular weight excluding hydrogens is 300 g/mol. The van der Waals surface area contributed by atoms with Crippen LogP contribution in [0.1, 0.15) is 5.56 Å². The van der Waals surface area contributed by atoms with E-state index < -0.39 is 17.1 Å². The molecule has 7 heteroatoms. The van der Waals surface area contributed by atoms with Gasteiger partial charge in [0.15, 0.2) is 0 Å². The first-order valence-electron chi connectivity index (χ1n) is 5.49. The van der Waals surface area contributed by atoms with Crippen LogP contribution in [0.4, 0.5) is 0 Å². The summed E-state index contributed by atoms with van der Waals surface area (Å²) in [6.45, 7) is 0. The Hall–Kier alpha value is -1.73. The molecule has 0 bridgehead atoms. The largest absolute Gasteiger partial charge is 0.481 e. The van der Waals surface area contributed by atoms with Gasteiger partial charge >= 0.3 is 11.9 Å². The van der Waals surface area contributed by atoms with Crippen molar-refractivity contribution in [3.8, 4) is 0 Å². The zero-order chi connectivity index (χ0) is 15.0. The van der Waals surface area contributed by atoms with Crippen LogP contribution in [0.3, 0.4) is 0 Å². The molecule has 0 heterocycles. The van der Waals surface area contributed by atoms with E-state index in [1.54, 1.807) is 24.3 Å². The minimum atomic E-state index is -1.07. The molecule has 0 amide bonds. The smallest absolute Gasteiger partial charge is 0.313 e. The van der Waals surface area contributed by atoms with Crippen molar-refractivity contribution in [1.82, 2.24) is 0 Å². The summed E-state index contributed by atoms with van der Waals surface area (Å²) in [4.78, 5) is 33.2. The van der Waals surface area contributed by atoms with Crippen molar-refractivity contribution < 1.29 is 24.6 Å². The third kappa shape index (κ3) is 6.44. The Bertz CT molecular complexity index is 525. The highest BCUT2D eigenvalue weighted by atomic mass is 32.2. The van der Waals surface area contributed by atoms with E-state index in [9.17, 15) is 14.4 Å². The van der Waals surface area contributed by atoms with Gasteiger partial charge in [0.1, 0.15) is 0 Å². The second-order valence-electron chi connectivity index (χ2n) is 3.56. The van der Waals surface area contributed by atoms with Crippen molar-refractivity contribution in [2.45, 2.75) is 0 Å². The van der Waals surface area contributed by atoms with Gasteiger partial charge in [-0.3, -0.25) is 14.4 Å². The Morgan fingerprint density at radius 2 is 1.50 bits per heavy atom. The van der Waals surface area contributed by atoms with E-state index in [0.29, 0.717) is 16.7 Å². The van der Waals surface area contributed by atoms with Crippen molar-refractivity contribution in [3.05, 3.63) is 42.0 Å². The van der Waals surface area contributed by atoms with Crippen LogP contribution in [0.5, 0.6) is 0 Å². The molecule has 0 unspecified atom stereocenters. The molecular formula is C13H12O5S2. The second kappa shape index (κ2) is 8.44. The quantitative estimate of drug-likeness (QED) is 0.746. The Kier molecular flexibility index (Phi) is 6.89. The lowest BCUT2D eigenvalue weighted by Gasteiger charge is -2.05. The average Bonchev–Trinajstić information content (AvgIpc) is 2.42. The molecule has 1 aromatic rings. The molecule has 0 aliphatic rings. The first kappa shape index (κ1) is 16.3. The molecule has 0 aromatic heterocycles. The maximum Gasteiger partial charge on any atom is 0.313 e. The van der Waals surface area contributed by atoms with E-state index in [2.05, 4.69) is 0 Å². The van der Waals surface area contributed by atoms with Crippen LogP contribution in [-0.4, -0.2) is 38.8 Å².